The predicted octanol–water partition coefficient (Wildman–Crippen LogP) is 4.60. The summed E-state index contributed by atoms with van der Waals surface area (Å²) in [5.74, 6) is -0.683. The minimum Gasteiger partial charge on any atom is -0.458 e. The minimum absolute atomic E-state index is 0.182. The molecule has 1 aromatic carbocycles. The first-order valence-electron chi connectivity index (χ1n) is 8.98. The summed E-state index contributed by atoms with van der Waals surface area (Å²) >= 11 is 6.14. The van der Waals surface area contributed by atoms with Crippen LogP contribution >= 0.6 is 11.6 Å². The zero-order valence-corrected chi connectivity index (χ0v) is 18.2. The van der Waals surface area contributed by atoms with Gasteiger partial charge >= 0.3 is 12.1 Å². The fourth-order valence-corrected chi connectivity index (χ4v) is 2.50. The van der Waals surface area contributed by atoms with E-state index in [0.29, 0.717) is 10.6 Å². The van der Waals surface area contributed by atoms with Gasteiger partial charge in [0.15, 0.2) is 5.54 Å². The molecule has 0 unspecified atom stereocenters. The number of halogens is 1. The molecular weight excluding hydrogens is 382 g/mol. The number of rotatable bonds is 7. The second-order valence-corrected chi connectivity index (χ2v) is 8.78. The molecule has 156 valence electrons. The number of alkyl carbamates (subject to hydrolysis) is 1. The summed E-state index contributed by atoms with van der Waals surface area (Å²) < 4.78 is 16.5. The van der Waals surface area contributed by atoms with E-state index in [1.807, 2.05) is 0 Å². The van der Waals surface area contributed by atoms with Gasteiger partial charge in [-0.2, -0.15) is 0 Å². The second-order valence-electron chi connectivity index (χ2n) is 8.35. The highest BCUT2D eigenvalue weighted by atomic mass is 35.5. The van der Waals surface area contributed by atoms with Crippen LogP contribution in [0.25, 0.3) is 0 Å². The van der Waals surface area contributed by atoms with Crippen LogP contribution < -0.4 is 5.32 Å². The number of nitrogens with one attached hydrogen (secondary N) is 1. The van der Waals surface area contributed by atoms with Crippen molar-refractivity contribution >= 4 is 23.7 Å². The number of carbonyl (C=O) groups is 2. The molecular formula is C21H30ClNO5. The van der Waals surface area contributed by atoms with Crippen molar-refractivity contribution in [1.82, 2.24) is 5.32 Å². The van der Waals surface area contributed by atoms with Gasteiger partial charge in [0.2, 0.25) is 0 Å². The lowest BCUT2D eigenvalue weighted by molar-refractivity contribution is -0.166. The second kappa shape index (κ2) is 9.43. The van der Waals surface area contributed by atoms with Gasteiger partial charge in [-0.1, -0.05) is 29.8 Å². The molecule has 1 rings (SSSR count). The third kappa shape index (κ3) is 7.52. The summed E-state index contributed by atoms with van der Waals surface area (Å²) in [5, 5.41) is 3.06. The first-order valence-corrected chi connectivity index (χ1v) is 9.36. The third-order valence-corrected chi connectivity index (χ3v) is 3.57. The van der Waals surface area contributed by atoms with Gasteiger partial charge in [-0.25, -0.2) is 9.59 Å². The first kappa shape index (κ1) is 24.0. The Balaban J connectivity index is 3.45. The van der Waals surface area contributed by atoms with Crippen LogP contribution in [0.5, 0.6) is 0 Å². The third-order valence-electron chi connectivity index (χ3n) is 3.33. The monoisotopic (exact) mass is 411 g/mol. The highest BCUT2D eigenvalue weighted by Gasteiger charge is 2.46. The zero-order valence-electron chi connectivity index (χ0n) is 17.4. The van der Waals surface area contributed by atoms with E-state index < -0.39 is 28.8 Å². The van der Waals surface area contributed by atoms with Gasteiger partial charge in [0.05, 0.1) is 13.2 Å². The first-order chi connectivity index (χ1) is 12.8. The number of carbonyl (C=O) groups excluding carboxylic acids is 2. The summed E-state index contributed by atoms with van der Waals surface area (Å²) in [4.78, 5) is 25.8. The average molecular weight is 412 g/mol. The maximum absolute atomic E-state index is 13.2. The number of hydrogen-bond donors (Lipinski definition) is 1. The Bertz CT molecular complexity index is 705. The normalized spacial score (nSPS) is 14.0. The van der Waals surface area contributed by atoms with E-state index in [4.69, 9.17) is 25.8 Å². The number of esters is 1. The molecule has 7 heteroatoms. The predicted molar refractivity (Wildman–Crippen MR) is 109 cm³/mol. The summed E-state index contributed by atoms with van der Waals surface area (Å²) in [6.45, 7) is 14.0. The summed E-state index contributed by atoms with van der Waals surface area (Å²) in [6.07, 6.45) is 0.770. The van der Waals surface area contributed by atoms with Crippen molar-refractivity contribution in [3.63, 3.8) is 0 Å². The number of amides is 1. The van der Waals surface area contributed by atoms with E-state index in [-0.39, 0.29) is 13.2 Å². The van der Waals surface area contributed by atoms with E-state index in [0.717, 1.165) is 0 Å². The van der Waals surface area contributed by atoms with Crippen molar-refractivity contribution in [3.8, 4) is 0 Å². The molecule has 1 aromatic rings. The zero-order chi connectivity index (χ0) is 21.6. The fraction of sp³-hybridized carbons (Fsp3) is 0.524. The fourth-order valence-electron chi connectivity index (χ4n) is 2.31. The van der Waals surface area contributed by atoms with E-state index in [1.165, 1.54) is 0 Å². The number of hydrogen-bond acceptors (Lipinski definition) is 5. The molecule has 28 heavy (non-hydrogen) atoms. The Morgan fingerprint density at radius 3 is 2.21 bits per heavy atom. The van der Waals surface area contributed by atoms with Gasteiger partial charge in [0.1, 0.15) is 11.2 Å². The molecule has 1 atom stereocenters. The van der Waals surface area contributed by atoms with E-state index in [1.54, 1.807) is 71.9 Å². The molecule has 6 nitrogen and oxygen atoms in total. The van der Waals surface area contributed by atoms with Crippen molar-refractivity contribution in [2.24, 2.45) is 0 Å². The molecule has 0 saturated heterocycles. The maximum Gasteiger partial charge on any atom is 0.408 e. The van der Waals surface area contributed by atoms with Crippen LogP contribution in [0.3, 0.4) is 0 Å². The molecule has 1 amide bonds. The lowest BCUT2D eigenvalue weighted by Crippen LogP contribution is -2.57. The van der Waals surface area contributed by atoms with Crippen LogP contribution in [0.2, 0.25) is 5.02 Å². The van der Waals surface area contributed by atoms with Crippen molar-refractivity contribution in [1.29, 1.82) is 0 Å². The average Bonchev–Trinajstić information content (AvgIpc) is 2.50. The highest BCUT2D eigenvalue weighted by molar-refractivity contribution is 6.30. The molecule has 0 fully saturated rings. The SMILES string of the molecule is C=CCOC[C@](NC(=O)OC(C)(C)C)(C(=O)OC(C)(C)C)c1cccc(Cl)c1. The Hall–Kier alpha value is -2.05. The number of ether oxygens (including phenoxy) is 3. The van der Waals surface area contributed by atoms with Crippen LogP contribution in [0.1, 0.15) is 47.1 Å². The Morgan fingerprint density at radius 1 is 1.11 bits per heavy atom. The quantitative estimate of drug-likeness (QED) is 0.403. The highest BCUT2D eigenvalue weighted by Crippen LogP contribution is 2.29. The number of benzene rings is 1. The van der Waals surface area contributed by atoms with Crippen LogP contribution in [0.4, 0.5) is 4.79 Å². The van der Waals surface area contributed by atoms with Crippen molar-refractivity contribution in [2.75, 3.05) is 13.2 Å². The molecule has 0 radical (unpaired) electrons. The molecule has 1 N–H and O–H groups in total. The molecule has 0 bridgehead atoms. The summed E-state index contributed by atoms with van der Waals surface area (Å²) in [6, 6.07) is 6.61. The molecule has 0 aromatic heterocycles. The van der Waals surface area contributed by atoms with Crippen LogP contribution in [-0.4, -0.2) is 36.5 Å². The largest absolute Gasteiger partial charge is 0.458 e. The van der Waals surface area contributed by atoms with E-state index in [2.05, 4.69) is 11.9 Å². The Morgan fingerprint density at radius 2 is 1.71 bits per heavy atom. The molecule has 0 heterocycles. The molecule has 0 aliphatic rings. The van der Waals surface area contributed by atoms with Crippen molar-refractivity contribution in [3.05, 3.63) is 47.5 Å². The van der Waals surface area contributed by atoms with Crippen molar-refractivity contribution < 1.29 is 23.8 Å². The van der Waals surface area contributed by atoms with Crippen LogP contribution in [0, 0.1) is 0 Å². The van der Waals surface area contributed by atoms with E-state index >= 15 is 0 Å². The van der Waals surface area contributed by atoms with Gasteiger partial charge in [-0.05, 0) is 59.2 Å². The topological polar surface area (TPSA) is 73.9 Å². The molecule has 0 saturated carbocycles. The van der Waals surface area contributed by atoms with Crippen molar-refractivity contribution in [2.45, 2.75) is 58.3 Å². The van der Waals surface area contributed by atoms with Gasteiger partial charge in [0.25, 0.3) is 0 Å². The Kier molecular flexibility index (Phi) is 8.08. The van der Waals surface area contributed by atoms with Crippen LogP contribution in [0.15, 0.2) is 36.9 Å². The van der Waals surface area contributed by atoms with Gasteiger partial charge < -0.3 is 14.2 Å². The van der Waals surface area contributed by atoms with Gasteiger partial charge in [-0.15, -0.1) is 6.58 Å². The van der Waals surface area contributed by atoms with Gasteiger partial charge in [-0.3, -0.25) is 5.32 Å². The Labute approximate surface area is 172 Å². The lowest BCUT2D eigenvalue weighted by atomic mass is 9.90. The molecule has 0 aliphatic carbocycles. The smallest absolute Gasteiger partial charge is 0.408 e. The minimum atomic E-state index is -1.65. The van der Waals surface area contributed by atoms with Crippen LogP contribution in [-0.2, 0) is 24.5 Å². The summed E-state index contributed by atoms with van der Waals surface area (Å²) in [5.41, 5.74) is -2.76. The maximum atomic E-state index is 13.2. The molecule has 0 spiro atoms. The molecule has 0 aliphatic heterocycles. The summed E-state index contributed by atoms with van der Waals surface area (Å²) in [7, 11) is 0. The van der Waals surface area contributed by atoms with E-state index in [9.17, 15) is 9.59 Å². The van der Waals surface area contributed by atoms with Gasteiger partial charge in [0, 0.05) is 5.02 Å². The standard InChI is InChI=1S/C21H30ClNO5/c1-8-12-26-14-21(17(24)27-19(2,3)4,15-10-9-11-16(22)13-15)23-18(25)28-20(5,6)7/h8-11,13H,1,12,14H2,2-7H3,(H,23,25)/t21-/m1/s1. The lowest BCUT2D eigenvalue weighted by Gasteiger charge is -2.35.